The quantitative estimate of drug-likeness (QED) is 0.925. The topological polar surface area (TPSA) is 34.2 Å². The molecule has 0 aliphatic heterocycles. The molecule has 2 aromatic rings. The Balaban J connectivity index is 2.31. The molecular weight excluding hydrogens is 304 g/mol. The third-order valence-corrected chi connectivity index (χ3v) is 4.13. The van der Waals surface area contributed by atoms with Crippen LogP contribution >= 0.6 is 15.9 Å². The Morgan fingerprint density at radius 1 is 1.26 bits per heavy atom. The molecule has 0 unspecified atom stereocenters. The molecule has 0 bridgehead atoms. The summed E-state index contributed by atoms with van der Waals surface area (Å²) in [4.78, 5) is 4.12. The van der Waals surface area contributed by atoms with Gasteiger partial charge >= 0.3 is 0 Å². The van der Waals surface area contributed by atoms with Gasteiger partial charge in [0, 0.05) is 22.8 Å². The van der Waals surface area contributed by atoms with Crippen LogP contribution in [-0.4, -0.2) is 12.0 Å². The lowest BCUT2D eigenvalue weighted by molar-refractivity contribution is 0.471. The number of halogens is 1. The van der Waals surface area contributed by atoms with Crippen LogP contribution in [0.3, 0.4) is 0 Å². The number of aromatic nitrogens is 1. The van der Waals surface area contributed by atoms with Crippen LogP contribution in [0.4, 0.5) is 0 Å². The van der Waals surface area contributed by atoms with Gasteiger partial charge in [0.1, 0.15) is 11.5 Å². The standard InChI is InChI=1S/C15H17BrN2O/c1-10-6-13(7-11(2)15(10)16)19-14-9-18-5-4-12(14)8-17-3/h4-7,9,17H,8H2,1-3H3. The molecule has 1 aromatic heterocycles. The maximum Gasteiger partial charge on any atom is 0.150 e. The molecule has 1 N–H and O–H groups in total. The van der Waals surface area contributed by atoms with Crippen molar-refractivity contribution in [3.8, 4) is 11.5 Å². The van der Waals surface area contributed by atoms with Gasteiger partial charge in [-0.1, -0.05) is 15.9 Å². The van der Waals surface area contributed by atoms with Gasteiger partial charge in [-0.05, 0) is 50.2 Å². The molecule has 1 aromatic carbocycles. The summed E-state index contributed by atoms with van der Waals surface area (Å²) in [6.07, 6.45) is 3.52. The summed E-state index contributed by atoms with van der Waals surface area (Å²) in [5.41, 5.74) is 3.42. The third kappa shape index (κ3) is 3.33. The second-order valence-electron chi connectivity index (χ2n) is 4.49. The number of rotatable bonds is 4. The van der Waals surface area contributed by atoms with Crippen molar-refractivity contribution < 1.29 is 4.74 Å². The third-order valence-electron chi connectivity index (χ3n) is 2.88. The zero-order valence-corrected chi connectivity index (χ0v) is 12.9. The van der Waals surface area contributed by atoms with Gasteiger partial charge in [0.2, 0.25) is 0 Å². The average molecular weight is 321 g/mol. The molecule has 4 heteroatoms. The molecule has 0 radical (unpaired) electrons. The minimum atomic E-state index is 0.756. The molecule has 0 atom stereocenters. The Bertz CT molecular complexity index is 561. The number of nitrogens with one attached hydrogen (secondary N) is 1. The fourth-order valence-electron chi connectivity index (χ4n) is 1.93. The van der Waals surface area contributed by atoms with Gasteiger partial charge in [-0.3, -0.25) is 4.98 Å². The van der Waals surface area contributed by atoms with Crippen molar-refractivity contribution in [1.82, 2.24) is 10.3 Å². The minimum absolute atomic E-state index is 0.756. The molecule has 1 heterocycles. The molecule has 0 saturated heterocycles. The zero-order chi connectivity index (χ0) is 13.8. The first-order valence-electron chi connectivity index (χ1n) is 6.14. The van der Waals surface area contributed by atoms with E-state index in [0.717, 1.165) is 39.2 Å². The van der Waals surface area contributed by atoms with E-state index >= 15 is 0 Å². The average Bonchev–Trinajstić information content (AvgIpc) is 2.38. The summed E-state index contributed by atoms with van der Waals surface area (Å²) in [7, 11) is 1.91. The second kappa shape index (κ2) is 6.17. The second-order valence-corrected chi connectivity index (χ2v) is 5.28. The molecule has 3 nitrogen and oxygen atoms in total. The number of nitrogens with zero attached hydrogens (tertiary/aromatic N) is 1. The van der Waals surface area contributed by atoms with Crippen molar-refractivity contribution >= 4 is 15.9 Å². The van der Waals surface area contributed by atoms with Crippen molar-refractivity contribution in [2.24, 2.45) is 0 Å². The molecule has 0 saturated carbocycles. The Labute approximate surface area is 122 Å². The highest BCUT2D eigenvalue weighted by Gasteiger charge is 2.07. The normalized spacial score (nSPS) is 10.5. The van der Waals surface area contributed by atoms with E-state index in [1.54, 1.807) is 12.4 Å². The number of hydrogen-bond acceptors (Lipinski definition) is 3. The minimum Gasteiger partial charge on any atom is -0.455 e. The van der Waals surface area contributed by atoms with Crippen molar-refractivity contribution in [2.45, 2.75) is 20.4 Å². The van der Waals surface area contributed by atoms with Crippen LogP contribution in [0.15, 0.2) is 35.1 Å². The lowest BCUT2D eigenvalue weighted by Crippen LogP contribution is -2.06. The van der Waals surface area contributed by atoms with Gasteiger partial charge in [0.15, 0.2) is 0 Å². The van der Waals surface area contributed by atoms with E-state index in [2.05, 4.69) is 40.1 Å². The predicted octanol–water partition coefficient (Wildman–Crippen LogP) is 3.97. The van der Waals surface area contributed by atoms with Crippen LogP contribution in [0.25, 0.3) is 0 Å². The van der Waals surface area contributed by atoms with Crippen LogP contribution in [0, 0.1) is 13.8 Å². The zero-order valence-electron chi connectivity index (χ0n) is 11.3. The van der Waals surface area contributed by atoms with Crippen molar-refractivity contribution in [3.63, 3.8) is 0 Å². The summed E-state index contributed by atoms with van der Waals surface area (Å²) >= 11 is 3.56. The van der Waals surface area contributed by atoms with E-state index in [4.69, 9.17) is 4.74 Å². The molecule has 100 valence electrons. The largest absolute Gasteiger partial charge is 0.455 e. The summed E-state index contributed by atoms with van der Waals surface area (Å²) in [5, 5.41) is 3.13. The Morgan fingerprint density at radius 2 is 1.95 bits per heavy atom. The van der Waals surface area contributed by atoms with E-state index in [-0.39, 0.29) is 0 Å². The predicted molar refractivity (Wildman–Crippen MR) is 80.7 cm³/mol. The number of ether oxygens (including phenoxy) is 1. The maximum atomic E-state index is 5.96. The maximum absolute atomic E-state index is 5.96. The highest BCUT2D eigenvalue weighted by atomic mass is 79.9. The molecule has 0 spiro atoms. The van der Waals surface area contributed by atoms with Crippen molar-refractivity contribution in [2.75, 3.05) is 7.05 Å². The van der Waals surface area contributed by atoms with Crippen LogP contribution in [0.5, 0.6) is 11.5 Å². The highest BCUT2D eigenvalue weighted by Crippen LogP contribution is 2.30. The van der Waals surface area contributed by atoms with Crippen LogP contribution in [0.1, 0.15) is 16.7 Å². The van der Waals surface area contributed by atoms with E-state index in [1.165, 1.54) is 0 Å². The SMILES string of the molecule is CNCc1ccncc1Oc1cc(C)c(Br)c(C)c1. The summed E-state index contributed by atoms with van der Waals surface area (Å²) in [6, 6.07) is 6.00. The molecule has 0 aliphatic rings. The highest BCUT2D eigenvalue weighted by molar-refractivity contribution is 9.10. The summed E-state index contributed by atoms with van der Waals surface area (Å²) in [6.45, 7) is 4.87. The summed E-state index contributed by atoms with van der Waals surface area (Å²) in [5.74, 6) is 1.63. The lowest BCUT2D eigenvalue weighted by Gasteiger charge is -2.12. The fraction of sp³-hybridized carbons (Fsp3) is 0.267. The first kappa shape index (κ1) is 14.0. The first-order valence-corrected chi connectivity index (χ1v) is 6.93. The number of hydrogen-bond donors (Lipinski definition) is 1. The molecule has 0 fully saturated rings. The Kier molecular flexibility index (Phi) is 4.56. The lowest BCUT2D eigenvalue weighted by atomic mass is 10.1. The molecule has 0 aliphatic carbocycles. The number of pyridine rings is 1. The molecule has 19 heavy (non-hydrogen) atoms. The first-order chi connectivity index (χ1) is 9.11. The van der Waals surface area contributed by atoms with Gasteiger partial charge < -0.3 is 10.1 Å². The molecule has 2 rings (SSSR count). The molecule has 0 amide bonds. The van der Waals surface area contributed by atoms with Gasteiger partial charge in [-0.2, -0.15) is 0 Å². The van der Waals surface area contributed by atoms with Crippen molar-refractivity contribution in [1.29, 1.82) is 0 Å². The van der Waals surface area contributed by atoms with Crippen molar-refractivity contribution in [3.05, 3.63) is 51.8 Å². The van der Waals surface area contributed by atoms with Crippen LogP contribution < -0.4 is 10.1 Å². The van der Waals surface area contributed by atoms with Gasteiger partial charge in [-0.25, -0.2) is 0 Å². The van der Waals surface area contributed by atoms with Crippen LogP contribution in [0.2, 0.25) is 0 Å². The Morgan fingerprint density at radius 3 is 2.58 bits per heavy atom. The number of aryl methyl sites for hydroxylation is 2. The van der Waals surface area contributed by atoms with Gasteiger partial charge in [-0.15, -0.1) is 0 Å². The monoisotopic (exact) mass is 320 g/mol. The van der Waals surface area contributed by atoms with E-state index in [9.17, 15) is 0 Å². The van der Waals surface area contributed by atoms with E-state index < -0.39 is 0 Å². The molecular formula is C15H17BrN2O. The van der Waals surface area contributed by atoms with Gasteiger partial charge in [0.25, 0.3) is 0 Å². The summed E-state index contributed by atoms with van der Waals surface area (Å²) < 4.78 is 7.08. The number of benzene rings is 1. The van der Waals surface area contributed by atoms with Gasteiger partial charge in [0.05, 0.1) is 6.20 Å². The smallest absolute Gasteiger partial charge is 0.150 e. The van der Waals surface area contributed by atoms with Crippen LogP contribution in [-0.2, 0) is 6.54 Å². The fourth-order valence-corrected chi connectivity index (χ4v) is 2.16. The Hall–Kier alpha value is -1.39. The van der Waals surface area contributed by atoms with E-state index in [0.29, 0.717) is 0 Å². The van der Waals surface area contributed by atoms with E-state index in [1.807, 2.05) is 25.2 Å².